The molecule has 3 aromatic rings. The first-order valence-corrected chi connectivity index (χ1v) is 11.8. The summed E-state index contributed by atoms with van der Waals surface area (Å²) in [5.74, 6) is 2.35. The highest BCUT2D eigenvalue weighted by atomic mass is 16.7. The van der Waals surface area contributed by atoms with E-state index in [0.717, 1.165) is 53.2 Å². The number of ether oxygens (including phenoxy) is 3. The molecule has 2 aliphatic rings. The predicted molar refractivity (Wildman–Crippen MR) is 128 cm³/mol. The maximum Gasteiger partial charge on any atom is 0.231 e. The van der Waals surface area contributed by atoms with Gasteiger partial charge in [-0.15, -0.1) is 0 Å². The zero-order chi connectivity index (χ0) is 23.7. The van der Waals surface area contributed by atoms with E-state index in [0.29, 0.717) is 31.8 Å². The monoisotopic (exact) mass is 465 g/mol. The third-order valence-corrected chi connectivity index (χ3v) is 6.28. The molecule has 2 aromatic heterocycles. The van der Waals surface area contributed by atoms with E-state index in [1.54, 1.807) is 0 Å². The molecule has 0 radical (unpaired) electrons. The van der Waals surface area contributed by atoms with E-state index in [4.69, 9.17) is 19.2 Å². The van der Waals surface area contributed by atoms with Crippen LogP contribution in [0.25, 0.3) is 10.9 Å². The number of fused-ring (bicyclic) bond motifs is 2. The van der Waals surface area contributed by atoms with Crippen LogP contribution in [0.15, 0.2) is 30.5 Å². The summed E-state index contributed by atoms with van der Waals surface area (Å²) in [5, 5.41) is 5.37. The van der Waals surface area contributed by atoms with Crippen molar-refractivity contribution in [2.45, 2.75) is 45.4 Å². The minimum atomic E-state index is 0.0703. The number of hydrogen-bond donors (Lipinski definition) is 0. The minimum Gasteiger partial charge on any atom is -0.454 e. The molecule has 0 aliphatic carbocycles. The molecule has 9 nitrogen and oxygen atoms in total. The van der Waals surface area contributed by atoms with Crippen LogP contribution in [0.3, 0.4) is 0 Å². The fourth-order valence-corrected chi connectivity index (χ4v) is 4.55. The van der Waals surface area contributed by atoms with Gasteiger partial charge in [0, 0.05) is 70.0 Å². The van der Waals surface area contributed by atoms with Gasteiger partial charge in [0.05, 0.1) is 17.3 Å². The lowest BCUT2D eigenvalue weighted by atomic mass is 10.1. The summed E-state index contributed by atoms with van der Waals surface area (Å²) in [4.78, 5) is 22.2. The molecule has 1 atom stereocenters. The second kappa shape index (κ2) is 9.50. The number of benzene rings is 1. The third kappa shape index (κ3) is 4.79. The Kier molecular flexibility index (Phi) is 6.28. The maximum atomic E-state index is 13.4. The van der Waals surface area contributed by atoms with E-state index in [1.165, 1.54) is 0 Å². The van der Waals surface area contributed by atoms with Crippen molar-refractivity contribution in [2.24, 2.45) is 0 Å². The van der Waals surface area contributed by atoms with E-state index in [-0.39, 0.29) is 18.8 Å². The van der Waals surface area contributed by atoms with Crippen LogP contribution in [0.5, 0.6) is 11.5 Å². The topological polar surface area (TPSA) is 82.0 Å². The van der Waals surface area contributed by atoms with Gasteiger partial charge in [0.25, 0.3) is 0 Å². The van der Waals surface area contributed by atoms with Gasteiger partial charge in [0.2, 0.25) is 12.7 Å². The van der Waals surface area contributed by atoms with Gasteiger partial charge in [-0.1, -0.05) is 0 Å². The number of hydrogen-bond acceptors (Lipinski definition) is 7. The number of aromatic nitrogens is 3. The van der Waals surface area contributed by atoms with Crippen molar-refractivity contribution in [2.75, 3.05) is 38.9 Å². The number of carbonyl (C=O) groups excluding carboxylic acids is 1. The van der Waals surface area contributed by atoms with Crippen LogP contribution in [0.2, 0.25) is 0 Å². The summed E-state index contributed by atoms with van der Waals surface area (Å²) in [6.45, 7) is 4.51. The first kappa shape index (κ1) is 22.5. The Hall–Kier alpha value is -3.33. The Labute approximate surface area is 199 Å². The van der Waals surface area contributed by atoms with Crippen LogP contribution in [-0.4, -0.2) is 65.7 Å². The second-order valence-corrected chi connectivity index (χ2v) is 9.14. The minimum absolute atomic E-state index is 0.0703. The van der Waals surface area contributed by atoms with Crippen LogP contribution in [0.1, 0.15) is 30.5 Å². The van der Waals surface area contributed by atoms with Crippen LogP contribution in [0, 0.1) is 6.92 Å². The van der Waals surface area contributed by atoms with Crippen LogP contribution in [-0.2, 0) is 22.6 Å². The standard InChI is InChI=1S/C25H31N5O4/c1-17-6-8-30(27-17)9-7-24(31)29(15-20-5-4-10-32-20)14-19-11-18-12-22-23(34-16-33-22)13-21(18)26-25(19)28(2)3/h6,8,11-13,20H,4-5,7,9-10,14-16H2,1-3H3. The van der Waals surface area contributed by atoms with Gasteiger partial charge < -0.3 is 24.0 Å². The average Bonchev–Trinajstić information content (AvgIpc) is 3.57. The Morgan fingerprint density at radius 3 is 2.74 bits per heavy atom. The molecular weight excluding hydrogens is 434 g/mol. The van der Waals surface area contributed by atoms with E-state index in [9.17, 15) is 4.79 Å². The predicted octanol–water partition coefficient (Wildman–Crippen LogP) is 3.13. The van der Waals surface area contributed by atoms with Gasteiger partial charge in [-0.2, -0.15) is 5.10 Å². The average molecular weight is 466 g/mol. The Balaban J connectivity index is 1.42. The van der Waals surface area contributed by atoms with Crippen molar-refractivity contribution in [3.63, 3.8) is 0 Å². The molecule has 4 heterocycles. The number of pyridine rings is 1. The molecular formula is C25H31N5O4. The number of amides is 1. The van der Waals surface area contributed by atoms with Crippen molar-refractivity contribution in [3.8, 4) is 11.5 Å². The van der Waals surface area contributed by atoms with Crippen molar-refractivity contribution in [1.82, 2.24) is 19.7 Å². The van der Waals surface area contributed by atoms with Gasteiger partial charge >= 0.3 is 0 Å². The third-order valence-electron chi connectivity index (χ3n) is 6.28. The number of anilines is 1. The highest BCUT2D eigenvalue weighted by Gasteiger charge is 2.25. The highest BCUT2D eigenvalue weighted by Crippen LogP contribution is 2.37. The highest BCUT2D eigenvalue weighted by molar-refractivity contribution is 5.86. The molecule has 1 aromatic carbocycles. The van der Waals surface area contributed by atoms with E-state index in [1.807, 2.05) is 59.9 Å². The summed E-state index contributed by atoms with van der Waals surface area (Å²) in [6.07, 6.45) is 4.37. The first-order chi connectivity index (χ1) is 16.5. The van der Waals surface area contributed by atoms with Gasteiger partial charge in [0.15, 0.2) is 11.5 Å². The molecule has 9 heteroatoms. The van der Waals surface area contributed by atoms with Crippen LogP contribution in [0.4, 0.5) is 5.82 Å². The van der Waals surface area contributed by atoms with Crippen molar-refractivity contribution in [3.05, 3.63) is 41.7 Å². The van der Waals surface area contributed by atoms with Crippen molar-refractivity contribution >= 4 is 22.6 Å². The molecule has 180 valence electrons. The Morgan fingerprint density at radius 2 is 2.03 bits per heavy atom. The molecule has 0 N–H and O–H groups in total. The molecule has 0 spiro atoms. The lowest BCUT2D eigenvalue weighted by molar-refractivity contribution is -0.133. The van der Waals surface area contributed by atoms with Crippen molar-refractivity contribution < 1.29 is 19.0 Å². The molecule has 0 bridgehead atoms. The van der Waals surface area contributed by atoms with Gasteiger partial charge in [-0.25, -0.2) is 4.98 Å². The lowest BCUT2D eigenvalue weighted by Gasteiger charge is -2.28. The first-order valence-electron chi connectivity index (χ1n) is 11.8. The van der Waals surface area contributed by atoms with Crippen molar-refractivity contribution in [1.29, 1.82) is 0 Å². The fourth-order valence-electron chi connectivity index (χ4n) is 4.55. The number of carbonyl (C=O) groups is 1. The number of nitrogens with zero attached hydrogens (tertiary/aromatic N) is 5. The summed E-state index contributed by atoms with van der Waals surface area (Å²) in [6, 6.07) is 7.92. The molecule has 5 rings (SSSR count). The molecule has 1 unspecified atom stereocenters. The van der Waals surface area contributed by atoms with Gasteiger partial charge in [0.1, 0.15) is 5.82 Å². The molecule has 0 saturated carbocycles. The summed E-state index contributed by atoms with van der Waals surface area (Å²) < 4.78 is 18.8. The SMILES string of the molecule is Cc1ccn(CCC(=O)N(Cc2cc3cc4c(cc3nc2N(C)C)OCO4)CC2CCCO2)n1. The van der Waals surface area contributed by atoms with Crippen LogP contribution >= 0.6 is 0 Å². The number of aryl methyl sites for hydroxylation is 2. The van der Waals surface area contributed by atoms with E-state index in [2.05, 4.69) is 11.2 Å². The number of rotatable bonds is 8. The molecule has 1 amide bonds. The zero-order valence-corrected chi connectivity index (χ0v) is 20.0. The normalized spacial score (nSPS) is 16.9. The molecule has 1 saturated heterocycles. The zero-order valence-electron chi connectivity index (χ0n) is 20.0. The smallest absolute Gasteiger partial charge is 0.231 e. The largest absolute Gasteiger partial charge is 0.454 e. The fraction of sp³-hybridized carbons (Fsp3) is 0.480. The summed E-state index contributed by atoms with van der Waals surface area (Å²) in [7, 11) is 3.94. The van der Waals surface area contributed by atoms with Crippen LogP contribution < -0.4 is 14.4 Å². The Morgan fingerprint density at radius 1 is 1.21 bits per heavy atom. The van der Waals surface area contributed by atoms with Gasteiger partial charge in [-0.05, 0) is 38.0 Å². The lowest BCUT2D eigenvalue weighted by Crippen LogP contribution is -2.37. The summed E-state index contributed by atoms with van der Waals surface area (Å²) in [5.41, 5.74) is 2.77. The Bertz CT molecular complexity index is 1190. The molecule has 2 aliphatic heterocycles. The quantitative estimate of drug-likeness (QED) is 0.506. The summed E-state index contributed by atoms with van der Waals surface area (Å²) >= 11 is 0. The maximum absolute atomic E-state index is 13.4. The molecule has 34 heavy (non-hydrogen) atoms. The van der Waals surface area contributed by atoms with E-state index < -0.39 is 0 Å². The van der Waals surface area contributed by atoms with E-state index >= 15 is 0 Å². The second-order valence-electron chi connectivity index (χ2n) is 9.14. The van der Waals surface area contributed by atoms with Gasteiger partial charge in [-0.3, -0.25) is 9.48 Å². The molecule has 1 fully saturated rings.